The first-order chi connectivity index (χ1) is 16.7. The number of carbonyl (C=O) groups excluding carboxylic acids is 2. The van der Waals surface area contributed by atoms with E-state index in [0.29, 0.717) is 43.2 Å². The molecule has 186 valence electrons. The SMILES string of the molecule is C[C@@H]1O[C@@H](CC2CC(CCO)Cc3c(O)c4c(c(O)c32)C(=O)c2ccccc2C4=O)C[C@H](N)[C@@H]1O. The molecule has 2 aromatic carbocycles. The first-order valence-corrected chi connectivity index (χ1v) is 12.2. The van der Waals surface area contributed by atoms with Gasteiger partial charge in [0.2, 0.25) is 0 Å². The molecule has 2 unspecified atom stereocenters. The predicted molar refractivity (Wildman–Crippen MR) is 127 cm³/mol. The van der Waals surface area contributed by atoms with Crippen LogP contribution in [-0.2, 0) is 11.2 Å². The third kappa shape index (κ3) is 3.85. The van der Waals surface area contributed by atoms with E-state index in [-0.39, 0.29) is 58.3 Å². The topological polar surface area (TPSA) is 150 Å². The van der Waals surface area contributed by atoms with Crippen LogP contribution in [-0.4, -0.2) is 63.0 Å². The Morgan fingerprint density at radius 1 is 1.03 bits per heavy atom. The largest absolute Gasteiger partial charge is 0.507 e. The molecule has 0 radical (unpaired) electrons. The van der Waals surface area contributed by atoms with Crippen molar-refractivity contribution in [1.29, 1.82) is 0 Å². The second-order valence-electron chi connectivity index (χ2n) is 10.1. The molecule has 0 amide bonds. The van der Waals surface area contributed by atoms with Crippen molar-refractivity contribution in [3.63, 3.8) is 0 Å². The van der Waals surface area contributed by atoms with E-state index in [1.165, 1.54) is 0 Å². The number of rotatable bonds is 4. The van der Waals surface area contributed by atoms with Crippen molar-refractivity contribution in [2.24, 2.45) is 11.7 Å². The zero-order chi connectivity index (χ0) is 25.0. The molecule has 1 fully saturated rings. The highest BCUT2D eigenvalue weighted by molar-refractivity contribution is 6.30. The van der Waals surface area contributed by atoms with E-state index in [4.69, 9.17) is 10.5 Å². The molecule has 2 aliphatic carbocycles. The van der Waals surface area contributed by atoms with Gasteiger partial charge in [-0.05, 0) is 50.9 Å². The molecule has 35 heavy (non-hydrogen) atoms. The maximum absolute atomic E-state index is 13.4. The van der Waals surface area contributed by atoms with Crippen molar-refractivity contribution in [2.75, 3.05) is 6.61 Å². The molecule has 1 aliphatic heterocycles. The normalized spacial score (nSPS) is 29.9. The molecule has 0 spiro atoms. The van der Waals surface area contributed by atoms with Gasteiger partial charge in [-0.1, -0.05) is 24.3 Å². The average molecular weight is 482 g/mol. The highest BCUT2D eigenvalue weighted by Gasteiger charge is 2.43. The fourth-order valence-electron chi connectivity index (χ4n) is 6.24. The molecular formula is C27H31NO7. The summed E-state index contributed by atoms with van der Waals surface area (Å²) in [5.74, 6) is -1.78. The summed E-state index contributed by atoms with van der Waals surface area (Å²) in [7, 11) is 0. The highest BCUT2D eigenvalue weighted by Crippen LogP contribution is 2.52. The van der Waals surface area contributed by atoms with Crippen molar-refractivity contribution in [3.05, 3.63) is 57.6 Å². The molecule has 6 N–H and O–H groups in total. The number of aliphatic hydroxyl groups is 2. The molecule has 0 aromatic heterocycles. The minimum atomic E-state index is -0.764. The lowest BCUT2D eigenvalue weighted by Crippen LogP contribution is -2.51. The van der Waals surface area contributed by atoms with Crippen LogP contribution in [0.15, 0.2) is 24.3 Å². The third-order valence-corrected chi connectivity index (χ3v) is 7.93. The second-order valence-corrected chi connectivity index (χ2v) is 10.1. The number of phenols is 2. The minimum absolute atomic E-state index is 0.0165. The summed E-state index contributed by atoms with van der Waals surface area (Å²) in [5, 5.41) is 42.5. The first kappa shape index (κ1) is 23.9. The molecule has 8 heteroatoms. The number of aliphatic hydroxyl groups excluding tert-OH is 2. The number of hydrogen-bond acceptors (Lipinski definition) is 8. The zero-order valence-electron chi connectivity index (χ0n) is 19.6. The summed E-state index contributed by atoms with van der Waals surface area (Å²) in [6.45, 7) is 1.74. The van der Waals surface area contributed by atoms with Crippen LogP contribution in [0.25, 0.3) is 0 Å². The fourth-order valence-corrected chi connectivity index (χ4v) is 6.24. The van der Waals surface area contributed by atoms with Crippen LogP contribution in [0.5, 0.6) is 11.5 Å². The van der Waals surface area contributed by atoms with E-state index in [0.717, 1.165) is 0 Å². The fraction of sp³-hybridized carbons (Fsp3) is 0.481. The predicted octanol–water partition coefficient (Wildman–Crippen LogP) is 2.16. The van der Waals surface area contributed by atoms with Gasteiger partial charge in [0.05, 0.1) is 29.4 Å². The van der Waals surface area contributed by atoms with E-state index in [1.807, 2.05) is 0 Å². The van der Waals surface area contributed by atoms with E-state index < -0.39 is 29.8 Å². The zero-order valence-corrected chi connectivity index (χ0v) is 19.6. The van der Waals surface area contributed by atoms with Crippen molar-refractivity contribution in [3.8, 4) is 11.5 Å². The van der Waals surface area contributed by atoms with Gasteiger partial charge in [0, 0.05) is 34.9 Å². The van der Waals surface area contributed by atoms with Crippen LogP contribution < -0.4 is 5.73 Å². The van der Waals surface area contributed by atoms with Gasteiger partial charge in [0.25, 0.3) is 0 Å². The molecule has 1 heterocycles. The molecule has 2 aromatic rings. The second kappa shape index (κ2) is 9.02. The molecule has 1 saturated heterocycles. The van der Waals surface area contributed by atoms with Crippen molar-refractivity contribution in [2.45, 2.75) is 69.3 Å². The van der Waals surface area contributed by atoms with Crippen LogP contribution in [0.4, 0.5) is 0 Å². The van der Waals surface area contributed by atoms with Gasteiger partial charge in [-0.2, -0.15) is 0 Å². The van der Waals surface area contributed by atoms with Crippen LogP contribution in [0.1, 0.15) is 81.5 Å². The highest BCUT2D eigenvalue weighted by atomic mass is 16.5. The van der Waals surface area contributed by atoms with Crippen molar-refractivity contribution in [1.82, 2.24) is 0 Å². The number of aromatic hydroxyl groups is 2. The van der Waals surface area contributed by atoms with E-state index >= 15 is 0 Å². The maximum atomic E-state index is 13.4. The van der Waals surface area contributed by atoms with Gasteiger partial charge in [-0.3, -0.25) is 9.59 Å². The first-order valence-electron chi connectivity index (χ1n) is 12.2. The smallest absolute Gasteiger partial charge is 0.198 e. The van der Waals surface area contributed by atoms with Gasteiger partial charge in [0.1, 0.15) is 11.5 Å². The molecule has 5 rings (SSSR count). The summed E-state index contributed by atoms with van der Waals surface area (Å²) in [4.78, 5) is 26.7. The maximum Gasteiger partial charge on any atom is 0.198 e. The lowest BCUT2D eigenvalue weighted by molar-refractivity contribution is -0.121. The Bertz CT molecular complexity index is 1180. The van der Waals surface area contributed by atoms with Crippen LogP contribution in [0, 0.1) is 5.92 Å². The number of phenolic OH excluding ortho intramolecular Hbond substituents is 2. The Balaban J connectivity index is 1.61. The summed E-state index contributed by atoms with van der Waals surface area (Å²) in [6, 6.07) is 5.97. The summed E-state index contributed by atoms with van der Waals surface area (Å²) in [5.41, 5.74) is 7.14. The number of ketones is 2. The Kier molecular flexibility index (Phi) is 6.17. The number of carbonyl (C=O) groups is 2. The van der Waals surface area contributed by atoms with Crippen LogP contribution in [0.2, 0.25) is 0 Å². The summed E-state index contributed by atoms with van der Waals surface area (Å²) in [6.07, 6.45) is 0.899. The number of hydrogen-bond donors (Lipinski definition) is 5. The molecule has 8 nitrogen and oxygen atoms in total. The van der Waals surface area contributed by atoms with Crippen molar-refractivity contribution >= 4 is 11.6 Å². The van der Waals surface area contributed by atoms with Crippen molar-refractivity contribution < 1.29 is 34.8 Å². The van der Waals surface area contributed by atoms with E-state index in [1.54, 1.807) is 31.2 Å². The Hall–Kier alpha value is -2.78. The van der Waals surface area contributed by atoms with Gasteiger partial charge in [-0.15, -0.1) is 0 Å². The Morgan fingerprint density at radius 2 is 1.66 bits per heavy atom. The minimum Gasteiger partial charge on any atom is -0.507 e. The van der Waals surface area contributed by atoms with Gasteiger partial charge in [0.15, 0.2) is 11.6 Å². The lowest BCUT2D eigenvalue weighted by Gasteiger charge is -2.40. The third-order valence-electron chi connectivity index (χ3n) is 7.93. The van der Waals surface area contributed by atoms with Crippen LogP contribution >= 0.6 is 0 Å². The Morgan fingerprint density at radius 3 is 2.26 bits per heavy atom. The molecule has 0 saturated carbocycles. The lowest BCUT2D eigenvalue weighted by atomic mass is 9.69. The summed E-state index contributed by atoms with van der Waals surface area (Å²) >= 11 is 0. The van der Waals surface area contributed by atoms with Gasteiger partial charge < -0.3 is 30.9 Å². The van der Waals surface area contributed by atoms with E-state index in [9.17, 15) is 30.0 Å². The number of nitrogens with two attached hydrogens (primary N) is 1. The number of fused-ring (bicyclic) bond motifs is 3. The standard InChI is InChI=1S/C27H31NO7/c1-12-23(30)19(28)11-15(35-12)10-14-8-13(6-7-29)9-18-20(14)27(34)22-21(26(18)33)24(31)16-4-2-3-5-17(16)25(22)32/h2-5,12-15,19,23,29-30,33-34H,6-11,28H2,1H3/t12-,13?,14?,15-,19-,23+/m0/s1. The van der Waals surface area contributed by atoms with E-state index in [2.05, 4.69) is 0 Å². The molecule has 0 bridgehead atoms. The van der Waals surface area contributed by atoms with Crippen LogP contribution in [0.3, 0.4) is 0 Å². The quantitative estimate of drug-likeness (QED) is 0.356. The van der Waals surface area contributed by atoms with Gasteiger partial charge in [-0.25, -0.2) is 0 Å². The molecular weight excluding hydrogens is 450 g/mol. The monoisotopic (exact) mass is 481 g/mol. The number of benzene rings is 2. The number of ether oxygens (including phenoxy) is 1. The average Bonchev–Trinajstić information content (AvgIpc) is 2.83. The van der Waals surface area contributed by atoms with Gasteiger partial charge >= 0.3 is 0 Å². The summed E-state index contributed by atoms with van der Waals surface area (Å²) < 4.78 is 6.00. The molecule has 6 atom stereocenters. The molecule has 3 aliphatic rings. The Labute approximate surface area is 203 Å².